The highest BCUT2D eigenvalue weighted by atomic mass is 16.2. The molecule has 21 heavy (non-hydrogen) atoms. The highest BCUT2D eigenvalue weighted by Gasteiger charge is 2.07. The summed E-state index contributed by atoms with van der Waals surface area (Å²) in [6, 6.07) is 10.3. The van der Waals surface area contributed by atoms with Crippen LogP contribution in [0.15, 0.2) is 59.9 Å². The van der Waals surface area contributed by atoms with E-state index in [2.05, 4.69) is 20.5 Å². The Kier molecular flexibility index (Phi) is 3.30. The standard InChI is InChI=1S/C14H11N5O2/c20-13(10-3-2-6-15-8-10)17-11-4-1-5-12(7-11)19-9-16-18-14(19)21/h1-9H,(H,17,20)(H,18,21). The van der Waals surface area contributed by atoms with Crippen LogP contribution < -0.4 is 11.0 Å². The number of rotatable bonds is 3. The van der Waals surface area contributed by atoms with E-state index >= 15 is 0 Å². The van der Waals surface area contributed by atoms with Crippen molar-refractivity contribution in [3.8, 4) is 5.69 Å². The number of aromatic nitrogens is 4. The molecule has 7 heteroatoms. The number of carbonyl (C=O) groups is 1. The summed E-state index contributed by atoms with van der Waals surface area (Å²) in [5.41, 5.74) is 1.31. The predicted octanol–water partition coefficient (Wildman–Crippen LogP) is 1.21. The summed E-state index contributed by atoms with van der Waals surface area (Å²) < 4.78 is 1.35. The largest absolute Gasteiger partial charge is 0.347 e. The third-order valence-corrected chi connectivity index (χ3v) is 2.86. The molecule has 0 saturated carbocycles. The van der Waals surface area contributed by atoms with E-state index in [1.54, 1.807) is 42.6 Å². The quantitative estimate of drug-likeness (QED) is 0.754. The Balaban J connectivity index is 1.86. The molecule has 104 valence electrons. The van der Waals surface area contributed by atoms with Gasteiger partial charge in [-0.25, -0.2) is 14.5 Å². The fourth-order valence-corrected chi connectivity index (χ4v) is 1.87. The van der Waals surface area contributed by atoms with Crippen molar-refractivity contribution in [1.29, 1.82) is 0 Å². The monoisotopic (exact) mass is 281 g/mol. The molecule has 2 N–H and O–H groups in total. The van der Waals surface area contributed by atoms with Crippen LogP contribution in [0.4, 0.5) is 5.69 Å². The summed E-state index contributed by atoms with van der Waals surface area (Å²) in [4.78, 5) is 27.5. The van der Waals surface area contributed by atoms with Gasteiger partial charge in [0.1, 0.15) is 6.33 Å². The number of anilines is 1. The Morgan fingerprint density at radius 3 is 2.86 bits per heavy atom. The average molecular weight is 281 g/mol. The summed E-state index contributed by atoms with van der Waals surface area (Å²) in [6.07, 6.45) is 4.47. The van der Waals surface area contributed by atoms with E-state index in [0.717, 1.165) is 0 Å². The second-order valence-corrected chi connectivity index (χ2v) is 4.28. The third-order valence-electron chi connectivity index (χ3n) is 2.86. The Morgan fingerprint density at radius 2 is 2.14 bits per heavy atom. The van der Waals surface area contributed by atoms with Crippen molar-refractivity contribution < 1.29 is 4.79 Å². The number of nitrogens with zero attached hydrogens (tertiary/aromatic N) is 3. The first-order valence-corrected chi connectivity index (χ1v) is 6.18. The van der Waals surface area contributed by atoms with Gasteiger partial charge in [0, 0.05) is 18.1 Å². The lowest BCUT2D eigenvalue weighted by atomic mass is 10.2. The number of H-pyrrole nitrogens is 1. The molecule has 0 unspecified atom stereocenters. The zero-order valence-electron chi connectivity index (χ0n) is 10.9. The molecule has 3 aromatic rings. The number of carbonyl (C=O) groups excluding carboxylic acids is 1. The van der Waals surface area contributed by atoms with Gasteiger partial charge >= 0.3 is 5.69 Å². The zero-order valence-corrected chi connectivity index (χ0v) is 10.9. The fourth-order valence-electron chi connectivity index (χ4n) is 1.87. The number of hydrogen-bond donors (Lipinski definition) is 2. The molecule has 0 aliphatic heterocycles. The Hall–Kier alpha value is -3.22. The number of aromatic amines is 1. The van der Waals surface area contributed by atoms with Gasteiger partial charge in [-0.1, -0.05) is 6.07 Å². The number of benzene rings is 1. The molecule has 2 aromatic heterocycles. The van der Waals surface area contributed by atoms with E-state index in [0.29, 0.717) is 16.9 Å². The van der Waals surface area contributed by atoms with Gasteiger partial charge in [0.15, 0.2) is 0 Å². The minimum absolute atomic E-state index is 0.264. The summed E-state index contributed by atoms with van der Waals surface area (Å²) in [5.74, 6) is -0.264. The molecular formula is C14H11N5O2. The maximum absolute atomic E-state index is 12.0. The van der Waals surface area contributed by atoms with Crippen molar-refractivity contribution in [3.05, 3.63) is 71.2 Å². The second kappa shape index (κ2) is 5.41. The maximum atomic E-state index is 12.0. The van der Waals surface area contributed by atoms with Crippen LogP contribution in [-0.2, 0) is 0 Å². The first-order chi connectivity index (χ1) is 10.2. The molecule has 3 rings (SSSR count). The second-order valence-electron chi connectivity index (χ2n) is 4.28. The Morgan fingerprint density at radius 1 is 1.24 bits per heavy atom. The molecule has 2 heterocycles. The molecule has 0 aliphatic carbocycles. The molecule has 0 aliphatic rings. The predicted molar refractivity (Wildman–Crippen MR) is 76.4 cm³/mol. The Bertz CT molecular complexity index is 822. The normalized spacial score (nSPS) is 10.3. The van der Waals surface area contributed by atoms with E-state index in [-0.39, 0.29) is 11.6 Å². The fraction of sp³-hybridized carbons (Fsp3) is 0. The molecular weight excluding hydrogens is 270 g/mol. The van der Waals surface area contributed by atoms with Crippen molar-refractivity contribution in [1.82, 2.24) is 19.7 Å². The molecule has 0 spiro atoms. The van der Waals surface area contributed by atoms with Crippen LogP contribution in [0.5, 0.6) is 0 Å². The molecule has 7 nitrogen and oxygen atoms in total. The summed E-state index contributed by atoms with van der Waals surface area (Å²) in [7, 11) is 0. The van der Waals surface area contributed by atoms with E-state index in [4.69, 9.17) is 0 Å². The number of nitrogens with one attached hydrogen (secondary N) is 2. The van der Waals surface area contributed by atoms with Crippen LogP contribution in [0.2, 0.25) is 0 Å². The highest BCUT2D eigenvalue weighted by molar-refractivity contribution is 6.04. The van der Waals surface area contributed by atoms with Gasteiger partial charge in [-0.3, -0.25) is 9.78 Å². The summed E-state index contributed by atoms with van der Waals surface area (Å²) >= 11 is 0. The van der Waals surface area contributed by atoms with E-state index < -0.39 is 0 Å². The van der Waals surface area contributed by atoms with Gasteiger partial charge in [-0.15, -0.1) is 0 Å². The zero-order chi connectivity index (χ0) is 14.7. The van der Waals surface area contributed by atoms with Crippen LogP contribution in [0, 0.1) is 0 Å². The van der Waals surface area contributed by atoms with Gasteiger partial charge in [-0.2, -0.15) is 5.10 Å². The maximum Gasteiger partial charge on any atom is 0.347 e. The molecule has 0 bridgehead atoms. The van der Waals surface area contributed by atoms with Crippen molar-refractivity contribution >= 4 is 11.6 Å². The average Bonchev–Trinajstić information content (AvgIpc) is 2.94. The number of hydrogen-bond acceptors (Lipinski definition) is 4. The van der Waals surface area contributed by atoms with Crippen LogP contribution in [-0.4, -0.2) is 25.7 Å². The topological polar surface area (TPSA) is 92.7 Å². The van der Waals surface area contributed by atoms with Gasteiger partial charge in [0.05, 0.1) is 11.3 Å². The van der Waals surface area contributed by atoms with Gasteiger partial charge in [0.2, 0.25) is 0 Å². The minimum Gasteiger partial charge on any atom is -0.322 e. The minimum atomic E-state index is -0.342. The summed E-state index contributed by atoms with van der Waals surface area (Å²) in [6.45, 7) is 0. The van der Waals surface area contributed by atoms with E-state index in [1.807, 2.05) is 0 Å². The lowest BCUT2D eigenvalue weighted by molar-refractivity contribution is 0.102. The molecule has 0 saturated heterocycles. The Labute approximate surface area is 119 Å². The van der Waals surface area contributed by atoms with Gasteiger partial charge in [0.25, 0.3) is 5.91 Å². The van der Waals surface area contributed by atoms with Crippen LogP contribution in [0.3, 0.4) is 0 Å². The SMILES string of the molecule is O=C(Nc1cccc(-n2cn[nH]c2=O)c1)c1cccnc1. The van der Waals surface area contributed by atoms with Gasteiger partial charge in [-0.05, 0) is 30.3 Å². The molecule has 1 aromatic carbocycles. The third kappa shape index (κ3) is 2.71. The van der Waals surface area contributed by atoms with Crippen molar-refractivity contribution in [3.63, 3.8) is 0 Å². The van der Waals surface area contributed by atoms with Crippen LogP contribution in [0.25, 0.3) is 5.69 Å². The van der Waals surface area contributed by atoms with Crippen molar-refractivity contribution in [2.24, 2.45) is 0 Å². The number of pyridine rings is 1. The lowest BCUT2D eigenvalue weighted by Gasteiger charge is -2.07. The molecule has 1 amide bonds. The first kappa shape index (κ1) is 12.8. The van der Waals surface area contributed by atoms with Crippen LogP contribution >= 0.6 is 0 Å². The molecule has 0 radical (unpaired) electrons. The van der Waals surface area contributed by atoms with Crippen LogP contribution in [0.1, 0.15) is 10.4 Å². The van der Waals surface area contributed by atoms with E-state index in [9.17, 15) is 9.59 Å². The molecule has 0 atom stereocenters. The summed E-state index contributed by atoms with van der Waals surface area (Å²) in [5, 5.41) is 8.74. The van der Waals surface area contributed by atoms with E-state index in [1.165, 1.54) is 17.1 Å². The molecule has 0 fully saturated rings. The van der Waals surface area contributed by atoms with Crippen molar-refractivity contribution in [2.75, 3.05) is 5.32 Å². The van der Waals surface area contributed by atoms with Gasteiger partial charge < -0.3 is 5.32 Å². The highest BCUT2D eigenvalue weighted by Crippen LogP contribution is 2.14. The first-order valence-electron chi connectivity index (χ1n) is 6.18. The lowest BCUT2D eigenvalue weighted by Crippen LogP contribution is -2.15. The smallest absolute Gasteiger partial charge is 0.322 e. The number of amides is 1. The van der Waals surface area contributed by atoms with Crippen molar-refractivity contribution in [2.45, 2.75) is 0 Å².